The third-order valence-electron chi connectivity index (χ3n) is 3.03. The van der Waals surface area contributed by atoms with E-state index in [4.69, 9.17) is 0 Å². The van der Waals surface area contributed by atoms with Crippen molar-refractivity contribution in [2.75, 3.05) is 0 Å². The molecule has 0 aromatic heterocycles. The van der Waals surface area contributed by atoms with Gasteiger partial charge in [-0.25, -0.2) is 17.6 Å². The Labute approximate surface area is 150 Å². The Morgan fingerprint density at radius 1 is 0.483 bits per heavy atom. The Morgan fingerprint density at radius 2 is 0.828 bits per heavy atom. The van der Waals surface area contributed by atoms with E-state index >= 15 is 0 Å². The van der Waals surface area contributed by atoms with E-state index in [1.54, 1.807) is 0 Å². The van der Waals surface area contributed by atoms with Crippen molar-refractivity contribution in [3.63, 3.8) is 0 Å². The van der Waals surface area contributed by atoms with Crippen LogP contribution in [0.2, 0.25) is 0 Å². The highest BCUT2D eigenvalue weighted by Gasteiger charge is 2.68. The van der Waals surface area contributed by atoms with Gasteiger partial charge < -0.3 is 0 Å². The molecule has 0 saturated carbocycles. The highest BCUT2D eigenvalue weighted by atomic mass is 19.4. The predicted octanol–water partition coefficient (Wildman–Crippen LogP) is 6.42. The summed E-state index contributed by atoms with van der Waals surface area (Å²) in [6, 6.07) is 0. The molecule has 0 atom stereocenters. The molecule has 0 saturated heterocycles. The van der Waals surface area contributed by atoms with Gasteiger partial charge in [0.05, 0.1) is 19.3 Å². The normalized spacial score (nSPS) is 15.6. The van der Waals surface area contributed by atoms with E-state index in [1.807, 2.05) is 0 Å². The Bertz CT molecular complexity index is 584. The minimum absolute atomic E-state index is 3.25. The van der Waals surface area contributed by atoms with Crippen LogP contribution in [0.4, 0.5) is 70.2 Å². The van der Waals surface area contributed by atoms with E-state index in [9.17, 15) is 75.0 Å². The fourth-order valence-corrected chi connectivity index (χ4v) is 1.95. The maximum Gasteiger partial charge on any atom is 0.456 e. The number of hydrogen-bond donors (Lipinski definition) is 0. The van der Waals surface area contributed by atoms with Crippen molar-refractivity contribution >= 4 is 5.78 Å². The molecule has 0 N–H and O–H groups in total. The van der Waals surface area contributed by atoms with Gasteiger partial charge in [0.25, 0.3) is 11.8 Å². The van der Waals surface area contributed by atoms with Crippen molar-refractivity contribution in [1.82, 2.24) is 0 Å². The zero-order valence-electron chi connectivity index (χ0n) is 13.3. The van der Waals surface area contributed by atoms with Crippen LogP contribution in [0.25, 0.3) is 0 Å². The lowest BCUT2D eigenvalue weighted by Gasteiger charge is -2.32. The highest BCUT2D eigenvalue weighted by molar-refractivity contribution is 5.90. The number of Topliss-reactive ketones (excluding diaryl/α,β-unsaturated/α-hetero) is 1. The van der Waals surface area contributed by atoms with E-state index in [-0.39, 0.29) is 0 Å². The molecule has 0 amide bonds. The monoisotopic (exact) mass is 472 g/mol. The molecule has 29 heavy (non-hydrogen) atoms. The molecule has 1 nitrogen and oxygen atoms in total. The average molecular weight is 472 g/mol. The quantitative estimate of drug-likeness (QED) is 0.355. The van der Waals surface area contributed by atoms with Gasteiger partial charge in [-0.15, -0.1) is 0 Å². The summed E-state index contributed by atoms with van der Waals surface area (Å²) in [5.41, 5.74) is 0. The van der Waals surface area contributed by atoms with Gasteiger partial charge in [-0.1, -0.05) is 0 Å². The van der Waals surface area contributed by atoms with Gasteiger partial charge in [-0.05, 0) is 0 Å². The molecule has 0 spiro atoms. The van der Waals surface area contributed by atoms with E-state index < -0.39 is 73.4 Å². The van der Waals surface area contributed by atoms with Gasteiger partial charge >= 0.3 is 35.9 Å². The van der Waals surface area contributed by atoms with Crippen molar-refractivity contribution in [2.24, 2.45) is 0 Å². The van der Waals surface area contributed by atoms with Crippen molar-refractivity contribution < 1.29 is 75.0 Å². The van der Waals surface area contributed by atoms with E-state index in [0.29, 0.717) is 0 Å². The molecular formula is C12H8F16O. The van der Waals surface area contributed by atoms with Gasteiger partial charge in [0, 0.05) is 0 Å². The Balaban J connectivity index is 5.52. The number of halogens is 16. The van der Waals surface area contributed by atoms with Gasteiger partial charge in [0.15, 0.2) is 0 Å². The van der Waals surface area contributed by atoms with Crippen LogP contribution in [0.15, 0.2) is 0 Å². The zero-order valence-corrected chi connectivity index (χ0v) is 13.3. The summed E-state index contributed by atoms with van der Waals surface area (Å²) in [5, 5.41) is 0. The molecule has 17 heteroatoms. The summed E-state index contributed by atoms with van der Waals surface area (Å²) in [4.78, 5) is 10.3. The van der Waals surface area contributed by atoms with Crippen LogP contribution < -0.4 is 0 Å². The third-order valence-corrected chi connectivity index (χ3v) is 3.03. The SMILES string of the molecule is O=C(C(F)(F)F)C(F)(F)CC(F)(F)C(F)(F)CC(F)(F)CC(F)(F)CC(F)(F)F. The maximum atomic E-state index is 13.3. The van der Waals surface area contributed by atoms with E-state index in [0.717, 1.165) is 0 Å². The third kappa shape index (κ3) is 8.44. The van der Waals surface area contributed by atoms with Crippen LogP contribution >= 0.6 is 0 Å². The van der Waals surface area contributed by atoms with Crippen molar-refractivity contribution in [1.29, 1.82) is 0 Å². The Kier molecular flexibility index (Phi) is 7.28. The second-order valence-electron chi connectivity index (χ2n) is 5.97. The smallest absolute Gasteiger partial charge is 0.283 e. The fraction of sp³-hybridized carbons (Fsp3) is 0.917. The number of rotatable bonds is 9. The lowest BCUT2D eigenvalue weighted by Crippen LogP contribution is -2.52. The molecule has 0 radical (unpaired) electrons. The Hall–Kier alpha value is -1.45. The summed E-state index contributed by atoms with van der Waals surface area (Å²) in [5.74, 6) is -34.4. The average Bonchev–Trinajstić information content (AvgIpc) is 2.28. The first kappa shape index (κ1) is 27.5. The van der Waals surface area contributed by atoms with Crippen LogP contribution in [-0.4, -0.2) is 47.7 Å². The highest BCUT2D eigenvalue weighted by Crippen LogP contribution is 2.50. The fourth-order valence-electron chi connectivity index (χ4n) is 1.95. The van der Waals surface area contributed by atoms with Gasteiger partial charge in [0.1, 0.15) is 6.42 Å². The summed E-state index contributed by atoms with van der Waals surface area (Å²) in [6.45, 7) is 0. The van der Waals surface area contributed by atoms with E-state index in [2.05, 4.69) is 0 Å². The number of ketones is 1. The van der Waals surface area contributed by atoms with E-state index in [1.165, 1.54) is 0 Å². The topological polar surface area (TPSA) is 17.1 Å². The maximum absolute atomic E-state index is 13.3. The molecule has 0 bridgehead atoms. The van der Waals surface area contributed by atoms with Crippen LogP contribution in [0.1, 0.15) is 25.7 Å². The number of carbonyl (C=O) groups is 1. The van der Waals surface area contributed by atoms with Gasteiger partial charge in [0.2, 0.25) is 0 Å². The molecule has 0 aliphatic rings. The largest absolute Gasteiger partial charge is 0.456 e. The molecule has 0 rings (SSSR count). The molecule has 174 valence electrons. The van der Waals surface area contributed by atoms with Crippen LogP contribution in [0, 0.1) is 0 Å². The van der Waals surface area contributed by atoms with Crippen molar-refractivity contribution in [2.45, 2.75) is 67.6 Å². The lowest BCUT2D eigenvalue weighted by atomic mass is 9.93. The summed E-state index contributed by atoms with van der Waals surface area (Å²) < 4.78 is 202. The number of hydrogen-bond acceptors (Lipinski definition) is 1. The van der Waals surface area contributed by atoms with Crippen LogP contribution in [0.3, 0.4) is 0 Å². The summed E-state index contributed by atoms with van der Waals surface area (Å²) >= 11 is 0. The molecular weight excluding hydrogens is 464 g/mol. The minimum Gasteiger partial charge on any atom is -0.283 e. The first-order valence-corrected chi connectivity index (χ1v) is 6.81. The van der Waals surface area contributed by atoms with Crippen molar-refractivity contribution in [3.05, 3.63) is 0 Å². The summed E-state index contributed by atoms with van der Waals surface area (Å²) in [6.07, 6.45) is -26.5. The molecule has 0 aliphatic carbocycles. The molecule has 0 heterocycles. The Morgan fingerprint density at radius 3 is 1.17 bits per heavy atom. The standard InChI is InChI=1S/C12H8F16O/c13-6(14,1-7(15,16)3-11(23,24)25)2-9(19,20)10(21,22)4-8(17,18)5(29)12(26,27)28/h1-4H2. The predicted molar refractivity (Wildman–Crippen MR) is 60.3 cm³/mol. The van der Waals surface area contributed by atoms with Crippen LogP contribution in [0.5, 0.6) is 0 Å². The second-order valence-corrected chi connectivity index (χ2v) is 5.97. The first-order chi connectivity index (χ1) is 12.2. The minimum atomic E-state index is -6.47. The molecule has 0 fully saturated rings. The lowest BCUT2D eigenvalue weighted by molar-refractivity contribution is -0.271. The molecule has 0 unspecified atom stereocenters. The second kappa shape index (κ2) is 7.67. The molecule has 0 aliphatic heterocycles. The molecule has 0 aromatic carbocycles. The van der Waals surface area contributed by atoms with Gasteiger partial charge in [-0.3, -0.25) is 4.79 Å². The number of alkyl halides is 16. The van der Waals surface area contributed by atoms with Gasteiger partial charge in [-0.2, -0.15) is 52.7 Å². The first-order valence-electron chi connectivity index (χ1n) is 6.81. The zero-order chi connectivity index (χ0) is 23.9. The summed E-state index contributed by atoms with van der Waals surface area (Å²) in [7, 11) is 0. The number of carbonyl (C=O) groups excluding carboxylic acids is 1. The van der Waals surface area contributed by atoms with Crippen LogP contribution in [-0.2, 0) is 4.79 Å². The van der Waals surface area contributed by atoms with Crippen molar-refractivity contribution in [3.8, 4) is 0 Å². The molecule has 0 aromatic rings.